The van der Waals surface area contributed by atoms with Gasteiger partial charge in [-0.3, -0.25) is 0 Å². The lowest BCUT2D eigenvalue weighted by atomic mass is 10.1. The van der Waals surface area contributed by atoms with Gasteiger partial charge in [0.2, 0.25) is 0 Å². The average Bonchev–Trinajstić information content (AvgIpc) is 2.05. The summed E-state index contributed by atoms with van der Waals surface area (Å²) in [5, 5.41) is 2.57. The summed E-state index contributed by atoms with van der Waals surface area (Å²) in [6, 6.07) is 12.7. The number of hydrogen-bond donors (Lipinski definition) is 0. The molecule has 0 heteroatoms. The van der Waals surface area contributed by atoms with Gasteiger partial charge in [-0.1, -0.05) is 42.0 Å². The van der Waals surface area contributed by atoms with Crippen molar-refractivity contribution in [3.63, 3.8) is 0 Å². The summed E-state index contributed by atoms with van der Waals surface area (Å²) in [5.41, 5.74) is 2.38. The highest BCUT2D eigenvalue weighted by Crippen LogP contribution is 2.16. The molecule has 0 bridgehead atoms. The Morgan fingerprint density at radius 1 is 0.917 bits per heavy atom. The van der Waals surface area contributed by atoms with Crippen LogP contribution in [0.1, 0.15) is 11.1 Å². The summed E-state index contributed by atoms with van der Waals surface area (Å²) >= 11 is 0. The van der Waals surface area contributed by atoms with E-state index in [2.05, 4.69) is 44.2 Å². The third-order valence-electron chi connectivity index (χ3n) is 2.06. The third-order valence-corrected chi connectivity index (χ3v) is 2.06. The summed E-state index contributed by atoms with van der Waals surface area (Å²) in [4.78, 5) is 0. The van der Waals surface area contributed by atoms with E-state index >= 15 is 0 Å². The van der Waals surface area contributed by atoms with Crippen molar-refractivity contribution in [3.05, 3.63) is 54.4 Å². The maximum atomic E-state index is 3.89. The topological polar surface area (TPSA) is 0 Å². The molecule has 0 unspecified atom stereocenters. The molecule has 0 aliphatic heterocycles. The minimum atomic E-state index is 1.08. The van der Waals surface area contributed by atoms with Gasteiger partial charge in [0.05, 0.1) is 0 Å². The van der Waals surface area contributed by atoms with Gasteiger partial charge in [-0.05, 0) is 30.2 Å². The predicted molar refractivity (Wildman–Crippen MR) is 53.1 cm³/mol. The van der Waals surface area contributed by atoms with Crippen LogP contribution in [-0.4, -0.2) is 0 Å². The van der Waals surface area contributed by atoms with Gasteiger partial charge >= 0.3 is 0 Å². The maximum absolute atomic E-state index is 3.89. The van der Waals surface area contributed by atoms with Gasteiger partial charge in [0.1, 0.15) is 0 Å². The van der Waals surface area contributed by atoms with Gasteiger partial charge in [0, 0.05) is 0 Å². The van der Waals surface area contributed by atoms with Crippen LogP contribution >= 0.6 is 0 Å². The molecule has 0 N–H and O–H groups in total. The van der Waals surface area contributed by atoms with Crippen molar-refractivity contribution in [1.82, 2.24) is 0 Å². The Morgan fingerprint density at radius 2 is 1.58 bits per heavy atom. The molecule has 0 spiro atoms. The Morgan fingerprint density at radius 3 is 2.42 bits per heavy atom. The zero-order valence-corrected chi connectivity index (χ0v) is 7.17. The summed E-state index contributed by atoms with van der Waals surface area (Å²) in [6.07, 6.45) is 0. The van der Waals surface area contributed by atoms with Gasteiger partial charge in [-0.25, -0.2) is 0 Å². The highest BCUT2D eigenvalue weighted by Gasteiger charge is 1.92. The second-order valence-corrected chi connectivity index (χ2v) is 3.18. The van der Waals surface area contributed by atoms with Crippen molar-refractivity contribution in [2.75, 3.05) is 0 Å². The normalized spacial score (nSPS) is 10.5. The third kappa shape index (κ3) is 1.20. The molecule has 0 atom stereocenters. The van der Waals surface area contributed by atoms with Crippen LogP contribution < -0.4 is 0 Å². The molecule has 0 saturated carbocycles. The quantitative estimate of drug-likeness (QED) is 0.547. The Kier molecular flexibility index (Phi) is 1.61. The zero-order valence-electron chi connectivity index (χ0n) is 7.17. The molecule has 0 nitrogen and oxygen atoms in total. The van der Waals surface area contributed by atoms with Crippen molar-refractivity contribution < 1.29 is 0 Å². The molecule has 0 aliphatic rings. The Bertz CT molecular complexity index is 372. The second kappa shape index (κ2) is 2.63. The van der Waals surface area contributed by atoms with E-state index in [1.54, 1.807) is 0 Å². The first-order valence-electron chi connectivity index (χ1n) is 4.08. The van der Waals surface area contributed by atoms with Gasteiger partial charge in [0.25, 0.3) is 0 Å². The molecular weight excluding hydrogens is 144 g/mol. The number of aryl methyl sites for hydroxylation is 1. The van der Waals surface area contributed by atoms with Crippen molar-refractivity contribution in [3.8, 4) is 0 Å². The van der Waals surface area contributed by atoms with E-state index in [1.165, 1.54) is 16.3 Å². The van der Waals surface area contributed by atoms with Crippen LogP contribution in [0, 0.1) is 13.8 Å². The van der Waals surface area contributed by atoms with Gasteiger partial charge in [0.15, 0.2) is 0 Å². The highest BCUT2D eigenvalue weighted by atomic mass is 14.0. The molecular formula is C12H11. The van der Waals surface area contributed by atoms with E-state index in [-0.39, 0.29) is 0 Å². The number of fused-ring (bicyclic) bond motifs is 1. The smallest absolute Gasteiger partial charge is 0.0181 e. The Balaban J connectivity index is 2.79. The minimum Gasteiger partial charge on any atom is -0.0587 e. The first kappa shape index (κ1) is 7.35. The number of hydrogen-bond acceptors (Lipinski definition) is 0. The molecule has 0 heterocycles. The molecule has 2 rings (SSSR count). The van der Waals surface area contributed by atoms with E-state index in [1.807, 2.05) is 6.07 Å². The Labute approximate surface area is 72.8 Å². The maximum Gasteiger partial charge on any atom is -0.0181 e. The van der Waals surface area contributed by atoms with E-state index in [0.29, 0.717) is 0 Å². The number of benzene rings is 2. The lowest BCUT2D eigenvalue weighted by Crippen LogP contribution is -1.76. The van der Waals surface area contributed by atoms with Crippen LogP contribution in [0.25, 0.3) is 10.8 Å². The van der Waals surface area contributed by atoms with E-state index in [4.69, 9.17) is 0 Å². The van der Waals surface area contributed by atoms with E-state index < -0.39 is 0 Å². The second-order valence-electron chi connectivity index (χ2n) is 3.18. The molecule has 0 amide bonds. The van der Waals surface area contributed by atoms with E-state index in [9.17, 15) is 0 Å². The van der Waals surface area contributed by atoms with Gasteiger partial charge in [-0.2, -0.15) is 0 Å². The fourth-order valence-electron chi connectivity index (χ4n) is 1.41. The lowest BCUT2D eigenvalue weighted by Gasteiger charge is -1.99. The minimum absolute atomic E-state index is 1.08. The van der Waals surface area contributed by atoms with E-state index in [0.717, 1.165) is 5.56 Å². The SMILES string of the molecule is [CH2]c1ccc2cc(C)ccc2c1. The molecule has 0 fully saturated rings. The summed E-state index contributed by atoms with van der Waals surface area (Å²) in [7, 11) is 0. The fraction of sp³-hybridized carbons (Fsp3) is 0.0833. The lowest BCUT2D eigenvalue weighted by molar-refractivity contribution is 1.50. The van der Waals surface area contributed by atoms with Crippen molar-refractivity contribution in [2.45, 2.75) is 6.92 Å². The largest absolute Gasteiger partial charge is 0.0587 e. The Hall–Kier alpha value is -1.30. The molecule has 0 aliphatic carbocycles. The van der Waals surface area contributed by atoms with Crippen molar-refractivity contribution >= 4 is 10.8 Å². The molecule has 2 aromatic carbocycles. The van der Waals surface area contributed by atoms with Crippen LogP contribution in [0.15, 0.2) is 36.4 Å². The van der Waals surface area contributed by atoms with Crippen LogP contribution in [0.3, 0.4) is 0 Å². The highest BCUT2D eigenvalue weighted by molar-refractivity contribution is 5.83. The fourth-order valence-corrected chi connectivity index (χ4v) is 1.41. The molecule has 12 heavy (non-hydrogen) atoms. The van der Waals surface area contributed by atoms with Crippen LogP contribution in [-0.2, 0) is 0 Å². The summed E-state index contributed by atoms with van der Waals surface area (Å²) in [5.74, 6) is 0. The average molecular weight is 155 g/mol. The van der Waals surface area contributed by atoms with Crippen molar-refractivity contribution in [1.29, 1.82) is 0 Å². The molecule has 0 aromatic heterocycles. The predicted octanol–water partition coefficient (Wildman–Crippen LogP) is 3.33. The molecule has 0 saturated heterocycles. The summed E-state index contributed by atoms with van der Waals surface area (Å²) < 4.78 is 0. The molecule has 1 radical (unpaired) electrons. The van der Waals surface area contributed by atoms with Gasteiger partial charge < -0.3 is 0 Å². The molecule has 2 aromatic rings. The molecule has 59 valence electrons. The monoisotopic (exact) mass is 155 g/mol. The number of rotatable bonds is 0. The zero-order chi connectivity index (χ0) is 8.55. The van der Waals surface area contributed by atoms with Crippen molar-refractivity contribution in [2.24, 2.45) is 0 Å². The van der Waals surface area contributed by atoms with Crippen LogP contribution in [0.5, 0.6) is 0 Å². The first-order chi connectivity index (χ1) is 5.75. The van der Waals surface area contributed by atoms with Gasteiger partial charge in [-0.15, -0.1) is 0 Å². The summed E-state index contributed by atoms with van der Waals surface area (Å²) in [6.45, 7) is 6.00. The van der Waals surface area contributed by atoms with Crippen LogP contribution in [0.2, 0.25) is 0 Å². The first-order valence-corrected chi connectivity index (χ1v) is 4.08. The van der Waals surface area contributed by atoms with Crippen LogP contribution in [0.4, 0.5) is 0 Å². The standard InChI is InChI=1S/C12H11/c1-9-3-5-12-8-10(2)4-6-11(12)7-9/h3-8H,1H2,2H3.